The van der Waals surface area contributed by atoms with Crippen molar-refractivity contribution < 1.29 is 4.79 Å². The van der Waals surface area contributed by atoms with Gasteiger partial charge in [0.2, 0.25) is 0 Å². The van der Waals surface area contributed by atoms with Crippen LogP contribution in [-0.2, 0) is 0 Å². The minimum Gasteiger partial charge on any atom is -0.348 e. The number of hydrogen-bond acceptors (Lipinski definition) is 5. The number of aryl methyl sites for hydroxylation is 1. The zero-order valence-electron chi connectivity index (χ0n) is 20.5. The van der Waals surface area contributed by atoms with Crippen molar-refractivity contribution in [3.8, 4) is 11.3 Å². The van der Waals surface area contributed by atoms with Gasteiger partial charge in [-0.25, -0.2) is 9.50 Å². The van der Waals surface area contributed by atoms with Gasteiger partial charge >= 0.3 is 0 Å². The average molecular weight is 452 g/mol. The maximum Gasteiger partial charge on any atom is 0.269 e. The third-order valence-corrected chi connectivity index (χ3v) is 6.96. The van der Waals surface area contributed by atoms with Gasteiger partial charge in [0, 0.05) is 35.4 Å². The summed E-state index contributed by atoms with van der Waals surface area (Å²) in [6.45, 7) is 10.7. The van der Waals surface area contributed by atoms with Crippen molar-refractivity contribution in [2.75, 3.05) is 0 Å². The Balaban J connectivity index is 1.48. The van der Waals surface area contributed by atoms with Gasteiger partial charge in [-0.3, -0.25) is 9.89 Å². The maximum atomic E-state index is 13.2. The van der Waals surface area contributed by atoms with Gasteiger partial charge in [0.25, 0.3) is 5.91 Å². The highest BCUT2D eigenvalue weighted by molar-refractivity contribution is 5.96. The number of carbonyl (C=O) groups is 1. The minimum absolute atomic E-state index is 0.0626. The quantitative estimate of drug-likeness (QED) is 0.472. The van der Waals surface area contributed by atoms with E-state index in [1.165, 1.54) is 0 Å². The fourth-order valence-corrected chi connectivity index (χ4v) is 5.05. The molecular weight excluding hydrogens is 414 g/mol. The van der Waals surface area contributed by atoms with Crippen LogP contribution in [0.15, 0.2) is 18.6 Å². The van der Waals surface area contributed by atoms with Gasteiger partial charge in [-0.1, -0.05) is 27.7 Å². The first kappa shape index (κ1) is 23.4. The molecule has 0 atom stereocenters. The number of hydrogen-bond donors (Lipinski definition) is 3. The molecule has 1 fully saturated rings. The van der Waals surface area contributed by atoms with Crippen molar-refractivity contribution in [2.24, 2.45) is 0 Å². The Hall–Kier alpha value is -2.74. The summed E-state index contributed by atoms with van der Waals surface area (Å²) in [6.07, 6.45) is 10.0. The number of pyridine rings is 1. The second-order valence-corrected chi connectivity index (χ2v) is 9.66. The molecule has 3 heterocycles. The summed E-state index contributed by atoms with van der Waals surface area (Å²) >= 11 is 0. The van der Waals surface area contributed by atoms with Gasteiger partial charge in [-0.15, -0.1) is 0 Å². The Morgan fingerprint density at radius 2 is 1.88 bits per heavy atom. The van der Waals surface area contributed by atoms with E-state index in [0.717, 1.165) is 66.6 Å². The second-order valence-electron chi connectivity index (χ2n) is 9.66. The van der Waals surface area contributed by atoms with Crippen LogP contribution in [0, 0.1) is 6.92 Å². The van der Waals surface area contributed by atoms with Crippen molar-refractivity contribution in [3.05, 3.63) is 35.4 Å². The largest absolute Gasteiger partial charge is 0.348 e. The van der Waals surface area contributed by atoms with Crippen LogP contribution in [0.2, 0.25) is 0 Å². The lowest BCUT2D eigenvalue weighted by molar-refractivity contribution is 0.0917. The maximum absolute atomic E-state index is 13.2. The lowest BCUT2D eigenvalue weighted by Gasteiger charge is -2.32. The molecule has 8 heteroatoms. The molecule has 0 unspecified atom stereocenters. The predicted octanol–water partition coefficient (Wildman–Crippen LogP) is 4.37. The van der Waals surface area contributed by atoms with Gasteiger partial charge in [0.15, 0.2) is 5.65 Å². The highest BCUT2D eigenvalue weighted by Crippen LogP contribution is 2.31. The van der Waals surface area contributed by atoms with Crippen LogP contribution in [0.5, 0.6) is 0 Å². The zero-order valence-corrected chi connectivity index (χ0v) is 20.5. The third kappa shape index (κ3) is 4.95. The van der Waals surface area contributed by atoms with Crippen LogP contribution < -0.4 is 10.6 Å². The number of carbonyl (C=O) groups excluding carboxylic acids is 1. The van der Waals surface area contributed by atoms with Crippen molar-refractivity contribution >= 4 is 11.6 Å². The Morgan fingerprint density at radius 1 is 1.18 bits per heavy atom. The summed E-state index contributed by atoms with van der Waals surface area (Å²) < 4.78 is 1.76. The molecule has 8 nitrogen and oxygen atoms in total. The molecule has 1 aliphatic carbocycles. The molecule has 178 valence electrons. The first-order valence-corrected chi connectivity index (χ1v) is 12.4. The molecular formula is C25H37N7O. The molecule has 33 heavy (non-hydrogen) atoms. The average Bonchev–Trinajstić information content (AvgIpc) is 3.46. The normalized spacial score (nSPS) is 19.0. The van der Waals surface area contributed by atoms with Gasteiger partial charge in [-0.05, 0) is 63.0 Å². The standard InChI is InChI=1S/C25H37N7O/c1-6-18(7-2)28-19-8-10-20(11-9-19)29-25(33)23-21(15(3)4)22(30-31-23)17-12-16(5)24-26-14-27-32(24)13-17/h12-15,18-20,28H,6-11H2,1-5H3,(H,29,33)(H,30,31). The molecule has 0 spiro atoms. The molecule has 0 radical (unpaired) electrons. The van der Waals surface area contributed by atoms with Gasteiger partial charge in [0.05, 0.1) is 5.69 Å². The van der Waals surface area contributed by atoms with E-state index in [1.807, 2.05) is 13.1 Å². The van der Waals surface area contributed by atoms with Crippen LogP contribution in [0.25, 0.3) is 16.9 Å². The summed E-state index contributed by atoms with van der Waals surface area (Å²) in [4.78, 5) is 17.5. The van der Waals surface area contributed by atoms with E-state index in [9.17, 15) is 4.79 Å². The van der Waals surface area contributed by atoms with E-state index in [2.05, 4.69) is 64.7 Å². The number of rotatable bonds is 8. The molecule has 3 N–H and O–H groups in total. The molecule has 1 saturated carbocycles. The number of H-pyrrole nitrogens is 1. The topological polar surface area (TPSA) is 100 Å². The van der Waals surface area contributed by atoms with Crippen LogP contribution >= 0.6 is 0 Å². The Bertz CT molecular complexity index is 1090. The van der Waals surface area contributed by atoms with E-state index in [4.69, 9.17) is 0 Å². The fraction of sp³-hybridized carbons (Fsp3) is 0.600. The van der Waals surface area contributed by atoms with Gasteiger partial charge in [-0.2, -0.15) is 10.2 Å². The summed E-state index contributed by atoms with van der Waals surface area (Å²) in [5.74, 6) is 0.0821. The third-order valence-electron chi connectivity index (χ3n) is 6.96. The number of nitrogens with one attached hydrogen (secondary N) is 3. The summed E-state index contributed by atoms with van der Waals surface area (Å²) in [5, 5.41) is 18.9. The van der Waals surface area contributed by atoms with Gasteiger partial charge < -0.3 is 10.6 Å². The molecule has 1 amide bonds. The SMILES string of the molecule is CCC(CC)NC1CCC(NC(=O)c2[nH]nc(-c3cc(C)c4ncnn4c3)c2C(C)C)CC1. The molecule has 1 aliphatic rings. The summed E-state index contributed by atoms with van der Waals surface area (Å²) in [5.41, 5.74) is 5.08. The zero-order chi connectivity index (χ0) is 23.5. The fourth-order valence-electron chi connectivity index (χ4n) is 5.05. The van der Waals surface area contributed by atoms with E-state index in [1.54, 1.807) is 10.8 Å². The van der Waals surface area contributed by atoms with Crippen LogP contribution in [0.1, 0.15) is 93.8 Å². The first-order chi connectivity index (χ1) is 15.9. The number of aromatic nitrogens is 5. The molecule has 4 rings (SSSR count). The lowest BCUT2D eigenvalue weighted by Crippen LogP contribution is -2.45. The molecule has 3 aromatic rings. The molecule has 0 saturated heterocycles. The van der Waals surface area contributed by atoms with Crippen molar-refractivity contribution in [1.82, 2.24) is 35.4 Å². The number of fused-ring (bicyclic) bond motifs is 1. The Morgan fingerprint density at radius 3 is 2.55 bits per heavy atom. The molecule has 3 aromatic heterocycles. The monoisotopic (exact) mass is 451 g/mol. The van der Waals surface area contributed by atoms with Crippen molar-refractivity contribution in [2.45, 2.75) is 97.2 Å². The van der Waals surface area contributed by atoms with Gasteiger partial charge in [0.1, 0.15) is 12.0 Å². The lowest BCUT2D eigenvalue weighted by atomic mass is 9.90. The summed E-state index contributed by atoms with van der Waals surface area (Å²) in [6, 6.07) is 3.42. The minimum atomic E-state index is -0.0626. The van der Waals surface area contributed by atoms with E-state index >= 15 is 0 Å². The van der Waals surface area contributed by atoms with Crippen molar-refractivity contribution in [1.29, 1.82) is 0 Å². The number of aromatic amines is 1. The van der Waals surface area contributed by atoms with Crippen LogP contribution in [0.4, 0.5) is 0 Å². The molecule has 0 bridgehead atoms. The molecule has 0 aliphatic heterocycles. The molecule has 0 aromatic carbocycles. The highest BCUT2D eigenvalue weighted by atomic mass is 16.2. The first-order valence-electron chi connectivity index (χ1n) is 12.4. The highest BCUT2D eigenvalue weighted by Gasteiger charge is 2.27. The number of amides is 1. The predicted molar refractivity (Wildman–Crippen MR) is 130 cm³/mol. The smallest absolute Gasteiger partial charge is 0.269 e. The second kappa shape index (κ2) is 10.0. The van der Waals surface area contributed by atoms with E-state index in [0.29, 0.717) is 17.8 Å². The summed E-state index contributed by atoms with van der Waals surface area (Å²) in [7, 11) is 0. The van der Waals surface area contributed by atoms with Crippen LogP contribution in [0.3, 0.4) is 0 Å². The van der Waals surface area contributed by atoms with E-state index in [-0.39, 0.29) is 17.9 Å². The van der Waals surface area contributed by atoms with E-state index < -0.39 is 0 Å². The number of nitrogens with zero attached hydrogens (tertiary/aromatic N) is 4. The van der Waals surface area contributed by atoms with Crippen molar-refractivity contribution in [3.63, 3.8) is 0 Å². The Kier molecular flexibility index (Phi) is 7.12. The Labute approximate surface area is 196 Å². The van der Waals surface area contributed by atoms with Crippen LogP contribution in [-0.4, -0.2) is 48.8 Å².